The molecule has 7 heteroatoms. The van der Waals surface area contributed by atoms with Crippen LogP contribution in [-0.4, -0.2) is 46.9 Å². The van der Waals surface area contributed by atoms with Gasteiger partial charge < -0.3 is 20.5 Å². The first-order valence-electron chi connectivity index (χ1n) is 4.55. The van der Waals surface area contributed by atoms with Crippen LogP contribution in [0.4, 0.5) is 11.9 Å². The van der Waals surface area contributed by atoms with E-state index in [1.54, 1.807) is 14.0 Å². The molecular weight excluding hydrogens is 198 g/mol. The first-order chi connectivity index (χ1) is 7.15. The molecule has 0 saturated carbocycles. The van der Waals surface area contributed by atoms with E-state index in [-0.39, 0.29) is 6.01 Å². The summed E-state index contributed by atoms with van der Waals surface area (Å²) in [5, 5.41) is 14.7. The Balaban J connectivity index is 2.77. The number of nitrogens with one attached hydrogen (secondary N) is 2. The van der Waals surface area contributed by atoms with Crippen LogP contribution >= 0.6 is 0 Å². The number of nitrogens with zero attached hydrogens (tertiary/aromatic N) is 3. The van der Waals surface area contributed by atoms with Crippen LogP contribution in [-0.2, 0) is 0 Å². The van der Waals surface area contributed by atoms with Crippen molar-refractivity contribution < 1.29 is 9.84 Å². The van der Waals surface area contributed by atoms with Gasteiger partial charge in [-0.05, 0) is 6.92 Å². The van der Waals surface area contributed by atoms with Gasteiger partial charge in [0.15, 0.2) is 0 Å². The van der Waals surface area contributed by atoms with E-state index in [0.717, 1.165) is 0 Å². The molecule has 0 fully saturated rings. The molecule has 1 aromatic heterocycles. The molecule has 0 saturated heterocycles. The monoisotopic (exact) mass is 213 g/mol. The molecule has 1 atom stereocenters. The van der Waals surface area contributed by atoms with Crippen LogP contribution in [0.3, 0.4) is 0 Å². The lowest BCUT2D eigenvalue weighted by molar-refractivity contribution is 0.208. The molecule has 0 aliphatic rings. The summed E-state index contributed by atoms with van der Waals surface area (Å²) >= 11 is 0. The van der Waals surface area contributed by atoms with Crippen molar-refractivity contribution in [2.24, 2.45) is 0 Å². The number of hydrogen-bond acceptors (Lipinski definition) is 7. The smallest absolute Gasteiger partial charge is 0.322 e. The Bertz CT molecular complexity index is 296. The summed E-state index contributed by atoms with van der Waals surface area (Å²) in [7, 11) is 3.18. The normalized spacial score (nSPS) is 12.0. The lowest BCUT2D eigenvalue weighted by Crippen LogP contribution is -2.17. The van der Waals surface area contributed by atoms with Crippen LogP contribution in [0, 0.1) is 0 Å². The van der Waals surface area contributed by atoms with E-state index in [4.69, 9.17) is 9.84 Å². The minimum absolute atomic E-state index is 0.224. The van der Waals surface area contributed by atoms with Crippen molar-refractivity contribution in [1.82, 2.24) is 15.0 Å². The SMILES string of the molecule is CNc1nc(NCC(C)O)nc(OC)n1. The van der Waals surface area contributed by atoms with E-state index in [0.29, 0.717) is 18.4 Å². The van der Waals surface area contributed by atoms with Gasteiger partial charge in [-0.25, -0.2) is 0 Å². The molecule has 0 bridgehead atoms. The number of aromatic nitrogens is 3. The topological polar surface area (TPSA) is 92.2 Å². The van der Waals surface area contributed by atoms with E-state index in [1.807, 2.05) is 0 Å². The van der Waals surface area contributed by atoms with Crippen molar-refractivity contribution in [3.63, 3.8) is 0 Å². The van der Waals surface area contributed by atoms with Crippen LogP contribution in [0.2, 0.25) is 0 Å². The van der Waals surface area contributed by atoms with Crippen molar-refractivity contribution in [3.05, 3.63) is 0 Å². The largest absolute Gasteiger partial charge is 0.467 e. The van der Waals surface area contributed by atoms with Gasteiger partial charge in [0.25, 0.3) is 0 Å². The third kappa shape index (κ3) is 3.55. The summed E-state index contributed by atoms with van der Waals surface area (Å²) < 4.78 is 4.90. The third-order valence-corrected chi connectivity index (χ3v) is 1.58. The van der Waals surface area contributed by atoms with Crippen molar-refractivity contribution in [3.8, 4) is 6.01 Å². The lowest BCUT2D eigenvalue weighted by atomic mass is 10.4. The summed E-state index contributed by atoms with van der Waals surface area (Å²) in [6.45, 7) is 2.04. The second kappa shape index (κ2) is 5.30. The van der Waals surface area contributed by atoms with E-state index < -0.39 is 6.10 Å². The fraction of sp³-hybridized carbons (Fsp3) is 0.625. The molecule has 84 valence electrons. The zero-order chi connectivity index (χ0) is 11.3. The first-order valence-corrected chi connectivity index (χ1v) is 4.55. The van der Waals surface area contributed by atoms with Gasteiger partial charge >= 0.3 is 6.01 Å². The molecule has 1 heterocycles. The Morgan fingerprint density at radius 1 is 1.33 bits per heavy atom. The predicted octanol–water partition coefficient (Wildman–Crippen LogP) is -0.285. The van der Waals surface area contributed by atoms with Gasteiger partial charge in [0.1, 0.15) is 0 Å². The zero-order valence-electron chi connectivity index (χ0n) is 8.98. The highest BCUT2D eigenvalue weighted by Crippen LogP contribution is 2.09. The Kier molecular flexibility index (Phi) is 4.04. The number of hydrogen-bond donors (Lipinski definition) is 3. The Hall–Kier alpha value is -1.63. The Morgan fingerprint density at radius 3 is 2.53 bits per heavy atom. The molecule has 0 aliphatic heterocycles. The highest BCUT2D eigenvalue weighted by atomic mass is 16.5. The van der Waals surface area contributed by atoms with Crippen LogP contribution in [0.5, 0.6) is 6.01 Å². The molecule has 7 nitrogen and oxygen atoms in total. The van der Waals surface area contributed by atoms with Crippen molar-refractivity contribution in [1.29, 1.82) is 0 Å². The average Bonchev–Trinajstić information content (AvgIpc) is 2.25. The number of aliphatic hydroxyl groups is 1. The lowest BCUT2D eigenvalue weighted by Gasteiger charge is -2.08. The molecule has 1 aromatic rings. The molecule has 1 unspecified atom stereocenters. The Morgan fingerprint density at radius 2 is 2.00 bits per heavy atom. The van der Waals surface area contributed by atoms with Crippen molar-refractivity contribution in [2.45, 2.75) is 13.0 Å². The number of ether oxygens (including phenoxy) is 1. The van der Waals surface area contributed by atoms with Crippen molar-refractivity contribution in [2.75, 3.05) is 31.3 Å². The number of anilines is 2. The molecule has 0 radical (unpaired) electrons. The van der Waals surface area contributed by atoms with E-state index in [1.165, 1.54) is 7.11 Å². The van der Waals surface area contributed by atoms with Crippen LogP contribution in [0.1, 0.15) is 6.92 Å². The quantitative estimate of drug-likeness (QED) is 0.619. The van der Waals surface area contributed by atoms with Crippen LogP contribution in [0.15, 0.2) is 0 Å². The summed E-state index contributed by atoms with van der Waals surface area (Å²) in [5.41, 5.74) is 0. The molecule has 0 aliphatic carbocycles. The van der Waals surface area contributed by atoms with Gasteiger partial charge in [-0.2, -0.15) is 15.0 Å². The fourth-order valence-corrected chi connectivity index (χ4v) is 0.878. The van der Waals surface area contributed by atoms with E-state index in [9.17, 15) is 0 Å². The number of rotatable bonds is 5. The highest BCUT2D eigenvalue weighted by Gasteiger charge is 2.05. The molecule has 3 N–H and O–H groups in total. The highest BCUT2D eigenvalue weighted by molar-refractivity contribution is 5.35. The minimum Gasteiger partial charge on any atom is -0.467 e. The Labute approximate surface area is 87.9 Å². The average molecular weight is 213 g/mol. The van der Waals surface area contributed by atoms with Gasteiger partial charge in [0, 0.05) is 13.6 Å². The molecule has 0 aromatic carbocycles. The maximum Gasteiger partial charge on any atom is 0.322 e. The fourth-order valence-electron chi connectivity index (χ4n) is 0.878. The van der Waals surface area contributed by atoms with E-state index >= 15 is 0 Å². The zero-order valence-corrected chi connectivity index (χ0v) is 8.98. The van der Waals surface area contributed by atoms with Crippen molar-refractivity contribution >= 4 is 11.9 Å². The predicted molar refractivity (Wildman–Crippen MR) is 56.1 cm³/mol. The minimum atomic E-state index is -0.467. The molecule has 0 amide bonds. The van der Waals surface area contributed by atoms with Gasteiger partial charge in [0.2, 0.25) is 11.9 Å². The summed E-state index contributed by atoms with van der Waals surface area (Å²) in [4.78, 5) is 11.9. The van der Waals surface area contributed by atoms with Crippen LogP contribution < -0.4 is 15.4 Å². The second-order valence-electron chi connectivity index (χ2n) is 2.95. The molecule has 15 heavy (non-hydrogen) atoms. The third-order valence-electron chi connectivity index (χ3n) is 1.58. The molecule has 0 spiro atoms. The second-order valence-corrected chi connectivity index (χ2v) is 2.95. The van der Waals surface area contributed by atoms with Gasteiger partial charge in [-0.3, -0.25) is 0 Å². The van der Waals surface area contributed by atoms with Gasteiger partial charge in [0.05, 0.1) is 13.2 Å². The van der Waals surface area contributed by atoms with Gasteiger partial charge in [-0.15, -0.1) is 0 Å². The first kappa shape index (κ1) is 11.4. The standard InChI is InChI=1S/C8H15N5O2/c1-5(14)4-10-7-11-6(9-2)12-8(13-7)15-3/h5,14H,4H2,1-3H3,(H2,9,10,11,12,13). The number of methoxy groups -OCH3 is 1. The summed E-state index contributed by atoms with van der Waals surface area (Å²) in [6.07, 6.45) is -0.467. The molecular formula is C8H15N5O2. The van der Waals surface area contributed by atoms with Crippen LogP contribution in [0.25, 0.3) is 0 Å². The number of aliphatic hydroxyl groups excluding tert-OH is 1. The maximum absolute atomic E-state index is 9.09. The van der Waals surface area contributed by atoms with Gasteiger partial charge in [-0.1, -0.05) is 0 Å². The van der Waals surface area contributed by atoms with E-state index in [2.05, 4.69) is 25.6 Å². The summed E-state index contributed by atoms with van der Waals surface area (Å²) in [6, 6.07) is 0.224. The summed E-state index contributed by atoms with van der Waals surface area (Å²) in [5.74, 6) is 0.780. The maximum atomic E-state index is 9.09. The molecule has 1 rings (SSSR count).